The Morgan fingerprint density at radius 1 is 1.52 bits per heavy atom. The maximum atomic E-state index is 12.7. The number of hydrogen-bond acceptors (Lipinski definition) is 4. The molecule has 1 fully saturated rings. The smallest absolute Gasteiger partial charge is 0.311 e. The Morgan fingerprint density at radius 3 is 2.90 bits per heavy atom. The number of ether oxygens (including phenoxy) is 1. The maximum absolute atomic E-state index is 12.7. The van der Waals surface area contributed by atoms with E-state index in [-0.39, 0.29) is 28.9 Å². The third-order valence-corrected chi connectivity index (χ3v) is 4.44. The molecular formula is C14H17BrN2O4. The number of methoxy groups -OCH3 is 1. The van der Waals surface area contributed by atoms with Crippen LogP contribution in [0.15, 0.2) is 18.2 Å². The Labute approximate surface area is 131 Å². The molecule has 21 heavy (non-hydrogen) atoms. The molecule has 1 heterocycles. The first-order chi connectivity index (χ1) is 10.1. The van der Waals surface area contributed by atoms with Gasteiger partial charge < -0.3 is 9.64 Å². The normalized spacial score (nSPS) is 18.4. The van der Waals surface area contributed by atoms with Gasteiger partial charge in [0.05, 0.1) is 17.6 Å². The van der Waals surface area contributed by atoms with Crippen LogP contribution in [0.4, 0.5) is 5.69 Å². The first kappa shape index (κ1) is 15.8. The molecule has 1 aromatic rings. The highest BCUT2D eigenvalue weighted by atomic mass is 79.9. The van der Waals surface area contributed by atoms with E-state index in [9.17, 15) is 14.9 Å². The molecule has 2 rings (SSSR count). The third kappa shape index (κ3) is 3.18. The Hall–Kier alpha value is -1.63. The molecule has 1 aliphatic rings. The van der Waals surface area contributed by atoms with Crippen LogP contribution >= 0.6 is 15.9 Å². The number of benzene rings is 1. The average Bonchev–Trinajstić information content (AvgIpc) is 2.53. The van der Waals surface area contributed by atoms with Crippen LogP contribution in [0.25, 0.3) is 0 Å². The lowest BCUT2D eigenvalue weighted by Gasteiger charge is -2.35. The minimum Gasteiger partial charge on any atom is -0.490 e. The van der Waals surface area contributed by atoms with Gasteiger partial charge in [0.2, 0.25) is 5.75 Å². The Bertz CT molecular complexity index is 550. The van der Waals surface area contributed by atoms with Crippen molar-refractivity contribution in [1.82, 2.24) is 4.90 Å². The van der Waals surface area contributed by atoms with Crippen molar-refractivity contribution in [2.45, 2.75) is 25.3 Å². The number of amides is 1. The summed E-state index contributed by atoms with van der Waals surface area (Å²) in [5, 5.41) is 11.7. The molecule has 1 aromatic carbocycles. The van der Waals surface area contributed by atoms with E-state index in [0.717, 1.165) is 19.3 Å². The van der Waals surface area contributed by atoms with Crippen LogP contribution in [-0.2, 0) is 0 Å². The molecule has 0 spiro atoms. The number of nitrogens with zero attached hydrogens (tertiary/aromatic N) is 2. The molecule has 7 heteroatoms. The Morgan fingerprint density at radius 2 is 2.29 bits per heavy atom. The predicted octanol–water partition coefficient (Wildman–Crippen LogP) is 2.99. The van der Waals surface area contributed by atoms with Crippen LogP contribution in [-0.4, -0.2) is 40.8 Å². The number of rotatable bonds is 4. The molecule has 6 nitrogen and oxygen atoms in total. The molecule has 0 radical (unpaired) electrons. The molecule has 0 aliphatic carbocycles. The van der Waals surface area contributed by atoms with Crippen molar-refractivity contribution < 1.29 is 14.5 Å². The van der Waals surface area contributed by atoms with Gasteiger partial charge in [0.25, 0.3) is 5.91 Å². The molecular weight excluding hydrogens is 340 g/mol. The number of nitro groups is 1. The second-order valence-corrected chi connectivity index (χ2v) is 5.56. The Kier molecular flexibility index (Phi) is 5.17. The summed E-state index contributed by atoms with van der Waals surface area (Å²) in [6.45, 7) is 0.668. The SMILES string of the molecule is COc1c(C(=O)N2CCCCC2CBr)cccc1[N+](=O)[O-]. The Balaban J connectivity index is 2.38. The van der Waals surface area contributed by atoms with Gasteiger partial charge in [-0.15, -0.1) is 0 Å². The van der Waals surface area contributed by atoms with Crippen molar-refractivity contribution >= 4 is 27.5 Å². The number of halogens is 1. The summed E-state index contributed by atoms with van der Waals surface area (Å²) in [7, 11) is 1.34. The molecule has 0 aromatic heterocycles. The lowest BCUT2D eigenvalue weighted by molar-refractivity contribution is -0.385. The number of para-hydroxylation sites is 1. The zero-order valence-electron chi connectivity index (χ0n) is 11.8. The van der Waals surface area contributed by atoms with E-state index >= 15 is 0 Å². The van der Waals surface area contributed by atoms with Gasteiger partial charge in [0.1, 0.15) is 0 Å². The van der Waals surface area contributed by atoms with E-state index in [1.807, 2.05) is 0 Å². The zero-order valence-corrected chi connectivity index (χ0v) is 13.3. The maximum Gasteiger partial charge on any atom is 0.311 e. The topological polar surface area (TPSA) is 72.7 Å². The summed E-state index contributed by atoms with van der Waals surface area (Å²) in [5.41, 5.74) is 0.0651. The van der Waals surface area contributed by atoms with E-state index in [0.29, 0.717) is 11.9 Å². The molecule has 1 saturated heterocycles. The standard InChI is InChI=1S/C14H17BrN2O4/c1-21-13-11(6-4-7-12(13)17(19)20)14(18)16-8-3-2-5-10(16)9-15/h4,6-7,10H,2-3,5,8-9H2,1H3. The number of carbonyl (C=O) groups is 1. The fraction of sp³-hybridized carbons (Fsp3) is 0.500. The molecule has 1 atom stereocenters. The number of nitro benzene ring substituents is 1. The molecule has 1 amide bonds. The summed E-state index contributed by atoms with van der Waals surface area (Å²) >= 11 is 3.43. The highest BCUT2D eigenvalue weighted by molar-refractivity contribution is 9.09. The van der Waals surface area contributed by atoms with Crippen molar-refractivity contribution in [2.24, 2.45) is 0 Å². The molecule has 114 valence electrons. The summed E-state index contributed by atoms with van der Waals surface area (Å²) in [6.07, 6.45) is 2.98. The van der Waals surface area contributed by atoms with Gasteiger partial charge >= 0.3 is 5.69 Å². The van der Waals surface area contributed by atoms with Gasteiger partial charge in [-0.25, -0.2) is 0 Å². The fourth-order valence-corrected chi connectivity index (χ4v) is 3.31. The van der Waals surface area contributed by atoms with Crippen LogP contribution < -0.4 is 4.74 Å². The summed E-state index contributed by atoms with van der Waals surface area (Å²) in [5.74, 6) is -0.175. The number of carbonyl (C=O) groups excluding carboxylic acids is 1. The summed E-state index contributed by atoms with van der Waals surface area (Å²) in [6, 6.07) is 4.55. The van der Waals surface area contributed by atoms with Crippen LogP contribution in [0.1, 0.15) is 29.6 Å². The summed E-state index contributed by atoms with van der Waals surface area (Å²) < 4.78 is 5.12. The van der Waals surface area contributed by atoms with Crippen LogP contribution in [0, 0.1) is 10.1 Å². The molecule has 0 N–H and O–H groups in total. The molecule has 1 aliphatic heterocycles. The van der Waals surface area contributed by atoms with Crippen molar-refractivity contribution in [3.63, 3.8) is 0 Å². The largest absolute Gasteiger partial charge is 0.490 e. The van der Waals surface area contributed by atoms with E-state index < -0.39 is 4.92 Å². The predicted molar refractivity (Wildman–Crippen MR) is 82.1 cm³/mol. The molecule has 0 saturated carbocycles. The molecule has 1 unspecified atom stereocenters. The third-order valence-electron chi connectivity index (χ3n) is 3.69. The summed E-state index contributed by atoms with van der Waals surface area (Å²) in [4.78, 5) is 25.0. The van der Waals surface area contributed by atoms with Crippen LogP contribution in [0.2, 0.25) is 0 Å². The average molecular weight is 357 g/mol. The quantitative estimate of drug-likeness (QED) is 0.472. The monoisotopic (exact) mass is 356 g/mol. The molecule has 0 bridgehead atoms. The van der Waals surface area contributed by atoms with E-state index in [1.165, 1.54) is 19.2 Å². The number of hydrogen-bond donors (Lipinski definition) is 0. The number of likely N-dealkylation sites (tertiary alicyclic amines) is 1. The van der Waals surface area contributed by atoms with Crippen molar-refractivity contribution in [2.75, 3.05) is 19.0 Å². The van der Waals surface area contributed by atoms with Gasteiger partial charge in [-0.05, 0) is 25.3 Å². The zero-order chi connectivity index (χ0) is 15.4. The minimum atomic E-state index is -0.534. The van der Waals surface area contributed by atoms with Crippen LogP contribution in [0.5, 0.6) is 5.75 Å². The van der Waals surface area contributed by atoms with Gasteiger partial charge in [-0.1, -0.05) is 22.0 Å². The van der Waals surface area contributed by atoms with Gasteiger partial charge in [0.15, 0.2) is 0 Å². The van der Waals surface area contributed by atoms with Crippen LogP contribution in [0.3, 0.4) is 0 Å². The van der Waals surface area contributed by atoms with Gasteiger partial charge in [-0.2, -0.15) is 0 Å². The van der Waals surface area contributed by atoms with E-state index in [1.54, 1.807) is 11.0 Å². The number of alkyl halides is 1. The highest BCUT2D eigenvalue weighted by Crippen LogP contribution is 2.32. The second-order valence-electron chi connectivity index (χ2n) is 4.92. The van der Waals surface area contributed by atoms with Crippen molar-refractivity contribution in [3.8, 4) is 5.75 Å². The lowest BCUT2D eigenvalue weighted by Crippen LogP contribution is -2.44. The highest BCUT2D eigenvalue weighted by Gasteiger charge is 2.30. The fourth-order valence-electron chi connectivity index (χ4n) is 2.63. The minimum absolute atomic E-state index is 0.0337. The number of piperidine rings is 1. The lowest BCUT2D eigenvalue weighted by atomic mass is 10.0. The van der Waals surface area contributed by atoms with E-state index in [4.69, 9.17) is 4.74 Å². The van der Waals surface area contributed by atoms with Gasteiger partial charge in [0, 0.05) is 24.0 Å². The van der Waals surface area contributed by atoms with Crippen molar-refractivity contribution in [3.05, 3.63) is 33.9 Å². The van der Waals surface area contributed by atoms with Gasteiger partial charge in [-0.3, -0.25) is 14.9 Å². The first-order valence-corrected chi connectivity index (χ1v) is 7.90. The van der Waals surface area contributed by atoms with Crippen molar-refractivity contribution in [1.29, 1.82) is 0 Å². The first-order valence-electron chi connectivity index (χ1n) is 6.78. The second kappa shape index (κ2) is 6.89. The van der Waals surface area contributed by atoms with E-state index in [2.05, 4.69) is 15.9 Å².